The van der Waals surface area contributed by atoms with Gasteiger partial charge in [-0.2, -0.15) is 0 Å². The highest BCUT2D eigenvalue weighted by Gasteiger charge is 2.16. The number of carbonyl (C=O) groups is 1. The number of nitrogens with one attached hydrogen (secondary N) is 1. The SMILES string of the molecule is Cc1cccc2nc(C(=O)NC(C)c3ccccc3Br)cn12. The van der Waals surface area contributed by atoms with E-state index in [1.165, 1.54) is 0 Å². The summed E-state index contributed by atoms with van der Waals surface area (Å²) >= 11 is 3.51. The van der Waals surface area contributed by atoms with E-state index < -0.39 is 0 Å². The lowest BCUT2D eigenvalue weighted by Gasteiger charge is -2.14. The second-order valence-electron chi connectivity index (χ2n) is 5.24. The second-order valence-corrected chi connectivity index (χ2v) is 6.09. The molecule has 2 heterocycles. The van der Waals surface area contributed by atoms with Crippen LogP contribution in [0.3, 0.4) is 0 Å². The smallest absolute Gasteiger partial charge is 0.271 e. The Balaban J connectivity index is 1.84. The minimum absolute atomic E-state index is 0.103. The number of aromatic nitrogens is 2. The van der Waals surface area contributed by atoms with Crippen molar-refractivity contribution in [2.75, 3.05) is 0 Å². The molecule has 0 radical (unpaired) electrons. The number of carbonyl (C=O) groups excluding carboxylic acids is 1. The lowest BCUT2D eigenvalue weighted by molar-refractivity contribution is 0.0935. The summed E-state index contributed by atoms with van der Waals surface area (Å²) in [6.45, 7) is 3.94. The van der Waals surface area contributed by atoms with Crippen molar-refractivity contribution in [1.29, 1.82) is 0 Å². The van der Waals surface area contributed by atoms with Crippen molar-refractivity contribution in [2.45, 2.75) is 19.9 Å². The fourth-order valence-corrected chi connectivity index (χ4v) is 3.06. The number of hydrogen-bond acceptors (Lipinski definition) is 2. The van der Waals surface area contributed by atoms with Crippen LogP contribution in [0.1, 0.15) is 34.7 Å². The molecule has 0 saturated heterocycles. The van der Waals surface area contributed by atoms with Crippen LogP contribution >= 0.6 is 15.9 Å². The van der Waals surface area contributed by atoms with E-state index in [0.29, 0.717) is 5.69 Å². The van der Waals surface area contributed by atoms with Crippen LogP contribution in [0.2, 0.25) is 0 Å². The second kappa shape index (κ2) is 5.93. The van der Waals surface area contributed by atoms with Gasteiger partial charge in [0.2, 0.25) is 0 Å². The first kappa shape index (κ1) is 14.8. The van der Waals surface area contributed by atoms with Crippen LogP contribution in [-0.4, -0.2) is 15.3 Å². The molecule has 4 nitrogen and oxygen atoms in total. The summed E-state index contributed by atoms with van der Waals surface area (Å²) in [4.78, 5) is 16.8. The van der Waals surface area contributed by atoms with Crippen LogP contribution in [0.15, 0.2) is 53.1 Å². The maximum Gasteiger partial charge on any atom is 0.271 e. The highest BCUT2D eigenvalue weighted by molar-refractivity contribution is 9.10. The van der Waals surface area contributed by atoms with Gasteiger partial charge >= 0.3 is 0 Å². The third-order valence-corrected chi connectivity index (χ3v) is 4.37. The van der Waals surface area contributed by atoms with E-state index in [0.717, 1.165) is 21.4 Å². The molecule has 0 spiro atoms. The molecule has 0 aliphatic carbocycles. The molecule has 2 aromatic heterocycles. The number of nitrogens with zero attached hydrogens (tertiary/aromatic N) is 2. The Morgan fingerprint density at radius 1 is 1.23 bits per heavy atom. The standard InChI is InChI=1S/C17H16BrN3O/c1-11-6-5-9-16-20-15(10-21(11)16)17(22)19-12(2)13-7-3-4-8-14(13)18/h3-10,12H,1-2H3,(H,19,22). The first-order valence-electron chi connectivity index (χ1n) is 7.06. The Kier molecular flexibility index (Phi) is 3.98. The number of benzene rings is 1. The average molecular weight is 358 g/mol. The Morgan fingerprint density at radius 3 is 2.73 bits per heavy atom. The number of hydrogen-bond donors (Lipinski definition) is 1. The van der Waals surface area contributed by atoms with E-state index in [9.17, 15) is 4.79 Å². The predicted molar refractivity (Wildman–Crippen MR) is 90.0 cm³/mol. The summed E-state index contributed by atoms with van der Waals surface area (Å²) < 4.78 is 2.89. The summed E-state index contributed by atoms with van der Waals surface area (Å²) in [6.07, 6.45) is 1.77. The van der Waals surface area contributed by atoms with Crippen LogP contribution in [0.5, 0.6) is 0 Å². The van der Waals surface area contributed by atoms with Crippen molar-refractivity contribution < 1.29 is 4.79 Å². The monoisotopic (exact) mass is 357 g/mol. The molecule has 1 amide bonds. The van der Waals surface area contributed by atoms with Gasteiger partial charge < -0.3 is 9.72 Å². The minimum atomic E-state index is -0.175. The molecular formula is C17H16BrN3O. The van der Waals surface area contributed by atoms with Crippen LogP contribution in [0.25, 0.3) is 5.65 Å². The molecule has 0 bridgehead atoms. The van der Waals surface area contributed by atoms with Gasteiger partial charge in [-0.1, -0.05) is 40.2 Å². The Labute approximate surface area is 137 Å². The maximum absolute atomic E-state index is 12.4. The first-order chi connectivity index (χ1) is 10.6. The van der Waals surface area contributed by atoms with Crippen LogP contribution in [-0.2, 0) is 0 Å². The molecule has 1 unspecified atom stereocenters. The Bertz CT molecular complexity index is 841. The fourth-order valence-electron chi connectivity index (χ4n) is 2.43. The third-order valence-electron chi connectivity index (χ3n) is 3.65. The quantitative estimate of drug-likeness (QED) is 0.772. The summed E-state index contributed by atoms with van der Waals surface area (Å²) in [5.41, 5.74) is 3.28. The van der Waals surface area contributed by atoms with Gasteiger partial charge in [0, 0.05) is 16.4 Å². The zero-order valence-electron chi connectivity index (χ0n) is 12.4. The van der Waals surface area contributed by atoms with E-state index in [1.54, 1.807) is 6.20 Å². The van der Waals surface area contributed by atoms with Crippen molar-refractivity contribution >= 4 is 27.5 Å². The molecule has 0 aliphatic rings. The van der Waals surface area contributed by atoms with E-state index in [4.69, 9.17) is 0 Å². The lowest BCUT2D eigenvalue weighted by atomic mass is 10.1. The first-order valence-corrected chi connectivity index (χ1v) is 7.85. The Hall–Kier alpha value is -2.14. The van der Waals surface area contributed by atoms with E-state index in [-0.39, 0.29) is 11.9 Å². The molecule has 1 N–H and O–H groups in total. The zero-order chi connectivity index (χ0) is 15.7. The molecule has 1 aromatic carbocycles. The van der Waals surface area contributed by atoms with E-state index >= 15 is 0 Å². The lowest BCUT2D eigenvalue weighted by Crippen LogP contribution is -2.27. The number of rotatable bonds is 3. The summed E-state index contributed by atoms with van der Waals surface area (Å²) in [7, 11) is 0. The number of aryl methyl sites for hydroxylation is 1. The number of pyridine rings is 1. The molecular weight excluding hydrogens is 342 g/mol. The van der Waals surface area contributed by atoms with Gasteiger partial charge in [-0.25, -0.2) is 4.98 Å². The summed E-state index contributed by atoms with van der Waals surface area (Å²) in [5.74, 6) is -0.175. The molecule has 112 valence electrons. The fraction of sp³-hybridized carbons (Fsp3) is 0.176. The van der Waals surface area contributed by atoms with Gasteiger partial charge in [0.15, 0.2) is 0 Å². The summed E-state index contributed by atoms with van der Waals surface area (Å²) in [5, 5.41) is 2.99. The largest absolute Gasteiger partial charge is 0.344 e. The minimum Gasteiger partial charge on any atom is -0.344 e. The van der Waals surface area contributed by atoms with E-state index in [1.807, 2.05) is 60.7 Å². The van der Waals surface area contributed by atoms with Crippen LogP contribution in [0, 0.1) is 6.92 Å². The topological polar surface area (TPSA) is 46.4 Å². The van der Waals surface area contributed by atoms with Gasteiger partial charge in [-0.3, -0.25) is 4.79 Å². The highest BCUT2D eigenvalue weighted by atomic mass is 79.9. The Morgan fingerprint density at radius 2 is 2.00 bits per heavy atom. The third kappa shape index (κ3) is 2.76. The summed E-state index contributed by atoms with van der Waals surface area (Å²) in [6, 6.07) is 13.6. The van der Waals surface area contributed by atoms with Gasteiger partial charge in [0.25, 0.3) is 5.91 Å². The number of fused-ring (bicyclic) bond motifs is 1. The van der Waals surface area contributed by atoms with Crippen molar-refractivity contribution in [3.8, 4) is 0 Å². The van der Waals surface area contributed by atoms with Crippen molar-refractivity contribution in [3.63, 3.8) is 0 Å². The van der Waals surface area contributed by atoms with Crippen LogP contribution in [0.4, 0.5) is 0 Å². The molecule has 5 heteroatoms. The number of halogens is 1. The molecule has 3 aromatic rings. The zero-order valence-corrected chi connectivity index (χ0v) is 14.0. The maximum atomic E-state index is 12.4. The van der Waals surface area contributed by atoms with Gasteiger partial charge in [-0.05, 0) is 37.6 Å². The van der Waals surface area contributed by atoms with E-state index in [2.05, 4.69) is 26.2 Å². The van der Waals surface area contributed by atoms with Gasteiger partial charge in [0.05, 0.1) is 6.04 Å². The van der Waals surface area contributed by atoms with Gasteiger partial charge in [0.1, 0.15) is 11.3 Å². The van der Waals surface area contributed by atoms with Crippen molar-refractivity contribution in [2.24, 2.45) is 0 Å². The molecule has 1 atom stereocenters. The molecule has 0 saturated carbocycles. The normalized spacial score (nSPS) is 12.3. The molecule has 0 fully saturated rings. The van der Waals surface area contributed by atoms with Crippen LogP contribution < -0.4 is 5.32 Å². The molecule has 0 aliphatic heterocycles. The average Bonchev–Trinajstić information content (AvgIpc) is 2.93. The number of amides is 1. The van der Waals surface area contributed by atoms with Crippen molar-refractivity contribution in [1.82, 2.24) is 14.7 Å². The van der Waals surface area contributed by atoms with Crippen molar-refractivity contribution in [3.05, 3.63) is 70.1 Å². The van der Waals surface area contributed by atoms with Gasteiger partial charge in [-0.15, -0.1) is 0 Å². The predicted octanol–water partition coefficient (Wildman–Crippen LogP) is 3.90. The molecule has 3 rings (SSSR count). The molecule has 22 heavy (non-hydrogen) atoms. The number of imidazole rings is 1. The highest BCUT2D eigenvalue weighted by Crippen LogP contribution is 2.23.